The summed E-state index contributed by atoms with van der Waals surface area (Å²) in [6, 6.07) is 0. The van der Waals surface area contributed by atoms with Crippen LogP contribution >= 0.6 is 0 Å². The van der Waals surface area contributed by atoms with E-state index in [1.54, 1.807) is 0 Å². The highest BCUT2D eigenvalue weighted by Crippen LogP contribution is 2.43. The first kappa shape index (κ1) is 15.6. The van der Waals surface area contributed by atoms with Crippen LogP contribution in [0.2, 0.25) is 0 Å². The topological polar surface area (TPSA) is 61.4 Å². The molecule has 2 rings (SSSR count). The molecule has 1 saturated carbocycles. The monoisotopic (exact) mass is 294 g/mol. The molecule has 1 aliphatic carbocycles. The zero-order valence-corrected chi connectivity index (χ0v) is 11.4. The fourth-order valence-corrected chi connectivity index (χ4v) is 3.21. The fourth-order valence-electron chi connectivity index (χ4n) is 3.21. The van der Waals surface area contributed by atoms with Crippen LogP contribution < -0.4 is 10.6 Å². The zero-order valence-electron chi connectivity index (χ0n) is 11.4. The fraction of sp³-hybridized carbons (Fsp3) is 0.923. The Labute approximate surface area is 116 Å². The van der Waals surface area contributed by atoms with Crippen LogP contribution in [0.5, 0.6) is 0 Å². The molecule has 1 unspecified atom stereocenters. The number of aliphatic hydroxyl groups excluding tert-OH is 1. The highest BCUT2D eigenvalue weighted by atomic mass is 19.4. The molecule has 3 N–H and O–H groups in total. The van der Waals surface area contributed by atoms with Gasteiger partial charge < -0.3 is 15.7 Å². The van der Waals surface area contributed by atoms with Crippen molar-refractivity contribution < 1.29 is 23.1 Å². The Morgan fingerprint density at radius 2 is 1.90 bits per heavy atom. The molecule has 20 heavy (non-hydrogen) atoms. The molecule has 1 aliphatic heterocycles. The lowest BCUT2D eigenvalue weighted by Crippen LogP contribution is -2.54. The number of hydrogen-bond donors (Lipinski definition) is 3. The maximum atomic E-state index is 13.2. The minimum absolute atomic E-state index is 0.0927. The Morgan fingerprint density at radius 1 is 1.25 bits per heavy atom. The molecule has 0 radical (unpaired) electrons. The Morgan fingerprint density at radius 3 is 2.35 bits per heavy atom. The van der Waals surface area contributed by atoms with Crippen molar-refractivity contribution in [2.75, 3.05) is 26.2 Å². The van der Waals surface area contributed by atoms with Crippen LogP contribution in [0.25, 0.3) is 0 Å². The van der Waals surface area contributed by atoms with Crippen molar-refractivity contribution in [2.45, 2.75) is 38.3 Å². The van der Waals surface area contributed by atoms with E-state index in [-0.39, 0.29) is 32.7 Å². The molecule has 2 fully saturated rings. The summed E-state index contributed by atoms with van der Waals surface area (Å²) in [7, 11) is 0. The average Bonchev–Trinajstić information content (AvgIpc) is 3.05. The molecule has 116 valence electrons. The van der Waals surface area contributed by atoms with Crippen LogP contribution in [0, 0.1) is 10.8 Å². The summed E-state index contributed by atoms with van der Waals surface area (Å²) in [4.78, 5) is 12.1. The summed E-state index contributed by atoms with van der Waals surface area (Å²) < 4.78 is 39.6. The van der Waals surface area contributed by atoms with Crippen molar-refractivity contribution in [2.24, 2.45) is 10.8 Å². The number of carbonyl (C=O) groups is 1. The second kappa shape index (κ2) is 5.52. The van der Waals surface area contributed by atoms with E-state index in [1.807, 2.05) is 0 Å². The first-order valence-corrected chi connectivity index (χ1v) is 7.02. The van der Waals surface area contributed by atoms with Gasteiger partial charge in [-0.2, -0.15) is 13.2 Å². The third-order valence-corrected chi connectivity index (χ3v) is 4.76. The summed E-state index contributed by atoms with van der Waals surface area (Å²) >= 11 is 0. The van der Waals surface area contributed by atoms with Gasteiger partial charge in [0.05, 0.1) is 6.61 Å². The minimum atomic E-state index is -4.55. The molecular formula is C13H21F3N2O2. The van der Waals surface area contributed by atoms with E-state index >= 15 is 0 Å². The van der Waals surface area contributed by atoms with Gasteiger partial charge in [-0.05, 0) is 25.8 Å². The van der Waals surface area contributed by atoms with Gasteiger partial charge in [0, 0.05) is 18.5 Å². The molecule has 7 heteroatoms. The lowest BCUT2D eigenvalue weighted by Gasteiger charge is -2.32. The van der Waals surface area contributed by atoms with Crippen LogP contribution in [-0.4, -0.2) is 43.4 Å². The Hall–Kier alpha value is -0.820. The predicted octanol–water partition coefficient (Wildman–Crippen LogP) is 1.20. The smallest absolute Gasteiger partial charge is 0.396 e. The van der Waals surface area contributed by atoms with E-state index in [2.05, 4.69) is 10.6 Å². The first-order valence-electron chi connectivity index (χ1n) is 7.02. The number of amides is 1. The number of nitrogens with one attached hydrogen (secondary N) is 2. The van der Waals surface area contributed by atoms with Gasteiger partial charge in [0.2, 0.25) is 5.91 Å². The Kier molecular flexibility index (Phi) is 4.30. The van der Waals surface area contributed by atoms with Crippen molar-refractivity contribution in [3.05, 3.63) is 0 Å². The van der Waals surface area contributed by atoms with Crippen LogP contribution in [0.4, 0.5) is 13.2 Å². The summed E-state index contributed by atoms with van der Waals surface area (Å²) in [6.07, 6.45) is -1.38. The molecular weight excluding hydrogens is 273 g/mol. The number of rotatable bonds is 4. The third-order valence-electron chi connectivity index (χ3n) is 4.76. The van der Waals surface area contributed by atoms with Crippen LogP contribution in [-0.2, 0) is 4.79 Å². The van der Waals surface area contributed by atoms with Crippen molar-refractivity contribution >= 4 is 5.91 Å². The molecule has 2 aliphatic rings. The quantitative estimate of drug-likeness (QED) is 0.730. The maximum absolute atomic E-state index is 13.2. The average molecular weight is 294 g/mol. The summed E-state index contributed by atoms with van der Waals surface area (Å²) in [5.41, 5.74) is -2.75. The van der Waals surface area contributed by atoms with E-state index in [4.69, 9.17) is 0 Å². The summed E-state index contributed by atoms with van der Waals surface area (Å²) in [5.74, 6) is -0.963. The van der Waals surface area contributed by atoms with Crippen molar-refractivity contribution in [3.8, 4) is 0 Å². The van der Waals surface area contributed by atoms with Gasteiger partial charge in [-0.15, -0.1) is 0 Å². The van der Waals surface area contributed by atoms with Gasteiger partial charge in [-0.1, -0.05) is 12.8 Å². The van der Waals surface area contributed by atoms with E-state index < -0.39 is 22.9 Å². The summed E-state index contributed by atoms with van der Waals surface area (Å²) in [5, 5.41) is 14.5. The predicted molar refractivity (Wildman–Crippen MR) is 67.0 cm³/mol. The van der Waals surface area contributed by atoms with Gasteiger partial charge >= 0.3 is 6.18 Å². The zero-order chi connectivity index (χ0) is 14.9. The van der Waals surface area contributed by atoms with Crippen LogP contribution in [0.15, 0.2) is 0 Å². The SMILES string of the molecule is O=C(NCC1(CO)CCCC1)C1(C(F)(F)F)CCNC1. The molecule has 1 amide bonds. The second-order valence-electron chi connectivity index (χ2n) is 6.05. The minimum Gasteiger partial charge on any atom is -0.396 e. The molecule has 0 aromatic heterocycles. The number of halogens is 3. The number of aliphatic hydroxyl groups is 1. The van der Waals surface area contributed by atoms with Crippen molar-refractivity contribution in [1.29, 1.82) is 0 Å². The van der Waals surface area contributed by atoms with Crippen LogP contribution in [0.1, 0.15) is 32.1 Å². The molecule has 1 saturated heterocycles. The highest BCUT2D eigenvalue weighted by Gasteiger charge is 2.61. The lowest BCUT2D eigenvalue weighted by molar-refractivity contribution is -0.216. The summed E-state index contributed by atoms with van der Waals surface area (Å²) in [6.45, 7) is -0.142. The third kappa shape index (κ3) is 2.65. The molecule has 0 aromatic carbocycles. The van der Waals surface area contributed by atoms with Gasteiger partial charge in [0.15, 0.2) is 5.41 Å². The van der Waals surface area contributed by atoms with Crippen molar-refractivity contribution in [3.63, 3.8) is 0 Å². The first-order chi connectivity index (χ1) is 9.35. The highest BCUT2D eigenvalue weighted by molar-refractivity contribution is 5.84. The van der Waals surface area contributed by atoms with Crippen molar-refractivity contribution in [1.82, 2.24) is 10.6 Å². The van der Waals surface area contributed by atoms with Gasteiger partial charge in [-0.25, -0.2) is 0 Å². The molecule has 4 nitrogen and oxygen atoms in total. The largest absolute Gasteiger partial charge is 0.404 e. The molecule has 0 aromatic rings. The molecule has 0 spiro atoms. The van der Waals surface area contributed by atoms with Gasteiger partial charge in [-0.3, -0.25) is 4.79 Å². The van der Waals surface area contributed by atoms with Crippen LogP contribution in [0.3, 0.4) is 0 Å². The number of hydrogen-bond acceptors (Lipinski definition) is 3. The standard InChI is InChI=1S/C13H21F3N2O2/c14-13(15,16)12(5-6-17-8-12)10(20)18-7-11(9-19)3-1-2-4-11/h17,19H,1-9H2,(H,18,20). The van der Waals surface area contributed by atoms with E-state index in [0.29, 0.717) is 0 Å². The number of carbonyl (C=O) groups excluding carboxylic acids is 1. The maximum Gasteiger partial charge on any atom is 0.404 e. The Balaban J connectivity index is 2.03. The van der Waals surface area contributed by atoms with E-state index in [1.165, 1.54) is 0 Å². The van der Waals surface area contributed by atoms with E-state index in [9.17, 15) is 23.1 Å². The van der Waals surface area contributed by atoms with Gasteiger partial charge in [0.1, 0.15) is 0 Å². The lowest BCUT2D eigenvalue weighted by atomic mass is 9.83. The molecule has 1 heterocycles. The second-order valence-corrected chi connectivity index (χ2v) is 6.05. The molecule has 1 atom stereocenters. The normalized spacial score (nSPS) is 29.6. The Bertz CT molecular complexity index is 359. The van der Waals surface area contributed by atoms with Gasteiger partial charge in [0.25, 0.3) is 0 Å². The number of alkyl halides is 3. The molecule has 0 bridgehead atoms. The van der Waals surface area contributed by atoms with E-state index in [0.717, 1.165) is 25.7 Å².